The highest BCUT2D eigenvalue weighted by atomic mass is 19.1. The first-order chi connectivity index (χ1) is 17.9. The molecule has 0 aliphatic carbocycles. The maximum atomic E-state index is 13.8. The van der Waals surface area contributed by atoms with Gasteiger partial charge in [-0.1, -0.05) is 24.3 Å². The van der Waals surface area contributed by atoms with E-state index in [0.717, 1.165) is 0 Å². The summed E-state index contributed by atoms with van der Waals surface area (Å²) < 4.78 is 20.6. The predicted molar refractivity (Wildman–Crippen MR) is 141 cm³/mol. The first-order valence-corrected chi connectivity index (χ1v) is 12.3. The van der Waals surface area contributed by atoms with E-state index in [1.54, 1.807) is 17.7 Å². The highest BCUT2D eigenvalue weighted by Gasteiger charge is 2.32. The Morgan fingerprint density at radius 1 is 1.03 bits per heavy atom. The number of aromatic nitrogens is 2. The van der Waals surface area contributed by atoms with Crippen molar-refractivity contribution in [3.05, 3.63) is 100 Å². The number of rotatable bonds is 5. The zero-order valence-corrected chi connectivity index (χ0v) is 21.1. The second-order valence-electron chi connectivity index (χ2n) is 9.32. The number of methoxy groups -OCH3 is 1. The molecule has 37 heavy (non-hydrogen) atoms. The van der Waals surface area contributed by atoms with Crippen molar-refractivity contribution >= 4 is 16.8 Å². The zero-order chi connectivity index (χ0) is 26.1. The lowest BCUT2D eigenvalue weighted by atomic mass is 10.1. The van der Waals surface area contributed by atoms with Gasteiger partial charge in [0.2, 0.25) is 0 Å². The normalized spacial score (nSPS) is 17.1. The largest absolute Gasteiger partial charge is 0.495 e. The molecule has 1 aliphatic heterocycles. The molecule has 2 heterocycles. The van der Waals surface area contributed by atoms with Crippen molar-refractivity contribution in [2.75, 3.05) is 26.7 Å². The van der Waals surface area contributed by atoms with Crippen LogP contribution in [0.15, 0.2) is 77.6 Å². The molecule has 2 unspecified atom stereocenters. The summed E-state index contributed by atoms with van der Waals surface area (Å²) >= 11 is 0. The SMILES string of the molecule is COc1ccccc1-n1c(C(C)N2CCN(C(=O)c3ccc(F)cc3)C(C)C2)nc2ccccc2c1=O. The van der Waals surface area contributed by atoms with Gasteiger partial charge in [0, 0.05) is 31.2 Å². The van der Waals surface area contributed by atoms with Gasteiger partial charge in [-0.05, 0) is 62.4 Å². The minimum absolute atomic E-state index is 0.0827. The van der Waals surface area contributed by atoms with Gasteiger partial charge in [0.15, 0.2) is 0 Å². The minimum Gasteiger partial charge on any atom is -0.495 e. The number of ether oxygens (including phenoxy) is 1. The van der Waals surface area contributed by atoms with Crippen LogP contribution in [0.4, 0.5) is 4.39 Å². The first-order valence-electron chi connectivity index (χ1n) is 12.3. The third kappa shape index (κ3) is 4.60. The number of piperazine rings is 1. The third-order valence-electron chi connectivity index (χ3n) is 7.06. The summed E-state index contributed by atoms with van der Waals surface area (Å²) in [6, 6.07) is 20.1. The van der Waals surface area contributed by atoms with Crippen molar-refractivity contribution < 1.29 is 13.9 Å². The lowest BCUT2D eigenvalue weighted by Crippen LogP contribution is -2.54. The van der Waals surface area contributed by atoms with Gasteiger partial charge < -0.3 is 9.64 Å². The molecule has 0 saturated carbocycles. The molecular formula is C29H29FN4O3. The Kier molecular flexibility index (Phi) is 6.76. The maximum Gasteiger partial charge on any atom is 0.266 e. The average Bonchev–Trinajstić information content (AvgIpc) is 2.92. The molecule has 4 aromatic rings. The number of carbonyl (C=O) groups excluding carboxylic acids is 1. The zero-order valence-electron chi connectivity index (χ0n) is 21.1. The van der Waals surface area contributed by atoms with Gasteiger partial charge in [-0.3, -0.25) is 19.1 Å². The molecule has 5 rings (SSSR count). The Bertz CT molecular complexity index is 1500. The number of nitrogens with zero attached hydrogens (tertiary/aromatic N) is 4. The molecule has 8 heteroatoms. The molecule has 7 nitrogen and oxygen atoms in total. The summed E-state index contributed by atoms with van der Waals surface area (Å²) in [5.74, 6) is 0.707. The number of benzene rings is 3. The molecule has 1 amide bonds. The van der Waals surface area contributed by atoms with Gasteiger partial charge in [-0.15, -0.1) is 0 Å². The van der Waals surface area contributed by atoms with Crippen molar-refractivity contribution in [1.29, 1.82) is 0 Å². The number of hydrogen-bond donors (Lipinski definition) is 0. The summed E-state index contributed by atoms with van der Waals surface area (Å²) in [5.41, 5.74) is 1.58. The molecule has 1 saturated heterocycles. The van der Waals surface area contributed by atoms with E-state index in [0.29, 0.717) is 53.4 Å². The Morgan fingerprint density at radius 3 is 2.46 bits per heavy atom. The number of amides is 1. The summed E-state index contributed by atoms with van der Waals surface area (Å²) in [5, 5.41) is 0.535. The highest BCUT2D eigenvalue weighted by molar-refractivity contribution is 5.94. The third-order valence-corrected chi connectivity index (χ3v) is 7.06. The number of hydrogen-bond acceptors (Lipinski definition) is 5. The van der Waals surface area contributed by atoms with E-state index in [2.05, 4.69) is 4.90 Å². The maximum absolute atomic E-state index is 13.8. The smallest absolute Gasteiger partial charge is 0.266 e. The molecule has 0 bridgehead atoms. The predicted octanol–water partition coefficient (Wildman–Crippen LogP) is 4.44. The summed E-state index contributed by atoms with van der Waals surface area (Å²) in [4.78, 5) is 35.8. The standard InChI is InChI=1S/C29H29FN4O3/c1-19-18-32(16-17-33(19)28(35)21-12-14-22(30)15-13-21)20(2)27-31-24-9-5-4-8-23(24)29(36)34(27)25-10-6-7-11-26(25)37-3/h4-15,19-20H,16-18H2,1-3H3. The van der Waals surface area contributed by atoms with E-state index in [9.17, 15) is 14.0 Å². The van der Waals surface area contributed by atoms with Crippen LogP contribution < -0.4 is 10.3 Å². The molecule has 0 radical (unpaired) electrons. The van der Waals surface area contributed by atoms with Crippen LogP contribution in [0, 0.1) is 5.82 Å². The van der Waals surface area contributed by atoms with Crippen molar-refractivity contribution in [2.45, 2.75) is 25.9 Å². The molecular weight excluding hydrogens is 471 g/mol. The van der Waals surface area contributed by atoms with Gasteiger partial charge >= 0.3 is 0 Å². The second-order valence-corrected chi connectivity index (χ2v) is 9.32. The summed E-state index contributed by atoms with van der Waals surface area (Å²) in [7, 11) is 1.58. The molecule has 3 aromatic carbocycles. The Balaban J connectivity index is 1.50. The van der Waals surface area contributed by atoms with E-state index in [1.165, 1.54) is 24.3 Å². The lowest BCUT2D eigenvalue weighted by molar-refractivity contribution is 0.0394. The highest BCUT2D eigenvalue weighted by Crippen LogP contribution is 2.29. The number of halogens is 1. The monoisotopic (exact) mass is 500 g/mol. The van der Waals surface area contributed by atoms with E-state index in [-0.39, 0.29) is 29.4 Å². The second kappa shape index (κ2) is 10.1. The lowest BCUT2D eigenvalue weighted by Gasteiger charge is -2.42. The molecule has 2 atom stereocenters. The van der Waals surface area contributed by atoms with Crippen molar-refractivity contribution in [1.82, 2.24) is 19.4 Å². The fourth-order valence-electron chi connectivity index (χ4n) is 5.04. The van der Waals surface area contributed by atoms with E-state index in [4.69, 9.17) is 9.72 Å². The van der Waals surface area contributed by atoms with Crippen molar-refractivity contribution in [3.8, 4) is 11.4 Å². The Labute approximate surface area is 214 Å². The van der Waals surface area contributed by atoms with Crippen LogP contribution in [0.2, 0.25) is 0 Å². The van der Waals surface area contributed by atoms with E-state index < -0.39 is 0 Å². The Hall–Kier alpha value is -4.04. The van der Waals surface area contributed by atoms with Crippen LogP contribution in [0.5, 0.6) is 5.75 Å². The van der Waals surface area contributed by atoms with Crippen LogP contribution in [0.3, 0.4) is 0 Å². The van der Waals surface area contributed by atoms with Gasteiger partial charge in [0.25, 0.3) is 11.5 Å². The van der Waals surface area contributed by atoms with Crippen LogP contribution in [0.25, 0.3) is 16.6 Å². The topological polar surface area (TPSA) is 67.7 Å². The molecule has 0 spiro atoms. The fourth-order valence-corrected chi connectivity index (χ4v) is 5.04. The average molecular weight is 501 g/mol. The summed E-state index contributed by atoms with van der Waals surface area (Å²) in [6.45, 7) is 5.75. The molecule has 0 N–H and O–H groups in total. The van der Waals surface area contributed by atoms with Crippen molar-refractivity contribution in [3.63, 3.8) is 0 Å². The van der Waals surface area contributed by atoms with Gasteiger partial charge in [0.05, 0.1) is 29.7 Å². The fraction of sp³-hybridized carbons (Fsp3) is 0.276. The molecule has 1 aromatic heterocycles. The number of carbonyl (C=O) groups is 1. The molecule has 190 valence electrons. The van der Waals surface area contributed by atoms with Crippen LogP contribution in [0.1, 0.15) is 36.1 Å². The van der Waals surface area contributed by atoms with E-state index >= 15 is 0 Å². The van der Waals surface area contributed by atoms with Crippen LogP contribution >= 0.6 is 0 Å². The van der Waals surface area contributed by atoms with Gasteiger partial charge in [-0.25, -0.2) is 9.37 Å². The summed E-state index contributed by atoms with van der Waals surface area (Å²) in [6.07, 6.45) is 0. The van der Waals surface area contributed by atoms with E-state index in [1.807, 2.05) is 61.2 Å². The minimum atomic E-state index is -0.368. The number of fused-ring (bicyclic) bond motifs is 1. The van der Waals surface area contributed by atoms with Gasteiger partial charge in [0.1, 0.15) is 17.4 Å². The van der Waals surface area contributed by atoms with Crippen LogP contribution in [-0.2, 0) is 0 Å². The van der Waals surface area contributed by atoms with Crippen molar-refractivity contribution in [2.24, 2.45) is 0 Å². The molecule has 1 aliphatic rings. The molecule has 1 fully saturated rings. The Morgan fingerprint density at radius 2 is 1.73 bits per heavy atom. The quantitative estimate of drug-likeness (QED) is 0.405. The number of para-hydroxylation sites is 3. The van der Waals surface area contributed by atoms with Crippen LogP contribution in [-0.4, -0.2) is 58.0 Å². The first kappa shape index (κ1) is 24.6. The van der Waals surface area contributed by atoms with Gasteiger partial charge in [-0.2, -0.15) is 0 Å².